The zero-order valence-corrected chi connectivity index (χ0v) is 18.4. The van der Waals surface area contributed by atoms with E-state index in [0.29, 0.717) is 10.6 Å². The summed E-state index contributed by atoms with van der Waals surface area (Å²) in [5, 5.41) is 4.41. The highest BCUT2D eigenvalue weighted by atomic mass is 35.5. The third kappa shape index (κ3) is 5.10. The van der Waals surface area contributed by atoms with E-state index in [4.69, 9.17) is 11.6 Å². The van der Waals surface area contributed by atoms with Gasteiger partial charge in [0.25, 0.3) is 0 Å². The molecule has 1 heterocycles. The van der Waals surface area contributed by atoms with Crippen LogP contribution in [-0.2, 0) is 17.4 Å². The van der Waals surface area contributed by atoms with Crippen molar-refractivity contribution in [2.45, 2.75) is 38.9 Å². The van der Waals surface area contributed by atoms with Crippen molar-refractivity contribution in [1.82, 2.24) is 5.43 Å². The van der Waals surface area contributed by atoms with Crippen LogP contribution >= 0.6 is 11.6 Å². The first-order valence-electron chi connectivity index (χ1n) is 9.64. The summed E-state index contributed by atoms with van der Waals surface area (Å²) in [6.07, 6.45) is -1.08. The molecule has 31 heavy (non-hydrogen) atoms. The summed E-state index contributed by atoms with van der Waals surface area (Å²) in [4.78, 5) is 14.2. The second kappa shape index (κ2) is 8.38. The van der Waals surface area contributed by atoms with Crippen LogP contribution in [0.3, 0.4) is 0 Å². The molecule has 0 aliphatic carbocycles. The summed E-state index contributed by atoms with van der Waals surface area (Å²) in [6, 6.07) is 8.42. The number of allylic oxidation sites excluding steroid dienone is 1. The van der Waals surface area contributed by atoms with E-state index in [1.54, 1.807) is 0 Å². The molecule has 164 valence electrons. The summed E-state index contributed by atoms with van der Waals surface area (Å²) >= 11 is 6.42. The van der Waals surface area contributed by atoms with Gasteiger partial charge in [0.05, 0.1) is 28.8 Å². The van der Waals surface area contributed by atoms with Gasteiger partial charge in [-0.05, 0) is 50.1 Å². The Balaban J connectivity index is 1.72. The highest BCUT2D eigenvalue weighted by Crippen LogP contribution is 2.40. The minimum Gasteiger partial charge on any atom is -0.365 e. The average Bonchev–Trinajstić information content (AvgIpc) is 2.66. The van der Waals surface area contributed by atoms with Crippen LogP contribution in [0.4, 0.5) is 18.9 Å². The fourth-order valence-corrected chi connectivity index (χ4v) is 3.75. The largest absolute Gasteiger partial charge is 0.416 e. The molecule has 0 unspecified atom stereocenters. The van der Waals surface area contributed by atoms with Gasteiger partial charge in [0.15, 0.2) is 0 Å². The number of likely N-dealkylation sites (N-methyl/N-ethyl adjacent to an activating group) is 1. The molecule has 0 bridgehead atoms. The Bertz CT molecular complexity index is 1070. The van der Waals surface area contributed by atoms with Crippen LogP contribution in [0.1, 0.15) is 43.0 Å². The molecule has 0 saturated carbocycles. The molecule has 8 heteroatoms. The molecule has 2 aromatic carbocycles. The van der Waals surface area contributed by atoms with Gasteiger partial charge in [-0.1, -0.05) is 35.9 Å². The molecular formula is C23H23ClF3N3O. The summed E-state index contributed by atoms with van der Waals surface area (Å²) < 4.78 is 38.4. The molecule has 1 aliphatic rings. The molecule has 2 aromatic rings. The lowest BCUT2D eigenvalue weighted by molar-refractivity contribution is -0.137. The first kappa shape index (κ1) is 22.9. The van der Waals surface area contributed by atoms with Crippen LogP contribution in [0.5, 0.6) is 0 Å². The smallest absolute Gasteiger partial charge is 0.365 e. The minimum absolute atomic E-state index is 0.145. The summed E-state index contributed by atoms with van der Waals surface area (Å²) in [6.45, 7) is 6.25. The summed E-state index contributed by atoms with van der Waals surface area (Å²) in [7, 11) is 2.00. The molecule has 0 fully saturated rings. The third-order valence-corrected chi connectivity index (χ3v) is 5.67. The maximum atomic E-state index is 12.8. The van der Waals surface area contributed by atoms with Crippen LogP contribution in [0.2, 0.25) is 5.02 Å². The number of anilines is 1. The van der Waals surface area contributed by atoms with E-state index >= 15 is 0 Å². The lowest BCUT2D eigenvalue weighted by Crippen LogP contribution is -2.42. The van der Waals surface area contributed by atoms with Gasteiger partial charge in [-0.25, -0.2) is 5.43 Å². The van der Waals surface area contributed by atoms with Crippen molar-refractivity contribution in [3.05, 3.63) is 69.8 Å². The topological polar surface area (TPSA) is 44.7 Å². The number of amides is 1. The van der Waals surface area contributed by atoms with Gasteiger partial charge >= 0.3 is 6.18 Å². The van der Waals surface area contributed by atoms with Crippen LogP contribution in [0.25, 0.3) is 5.57 Å². The van der Waals surface area contributed by atoms with Gasteiger partial charge in [0, 0.05) is 23.9 Å². The van der Waals surface area contributed by atoms with Crippen LogP contribution in [0.15, 0.2) is 47.6 Å². The van der Waals surface area contributed by atoms with Crippen molar-refractivity contribution in [3.63, 3.8) is 0 Å². The standard InChI is InChI=1S/C23H23ClF3N3O/c1-14-12-22(2,3)30(4)20-11-19(24)16(10-18(14)20)13-28-29-21(31)9-15-6-5-7-17(8-15)23(25,26)27/h5-8,10-13H,9H2,1-4H3,(H,29,31)/b28-13-. The molecule has 4 nitrogen and oxygen atoms in total. The van der Waals surface area contributed by atoms with E-state index in [0.717, 1.165) is 29.0 Å². The average molecular weight is 450 g/mol. The number of carbonyl (C=O) groups excluding carboxylic acids is 1. The molecule has 0 spiro atoms. The van der Waals surface area contributed by atoms with Crippen LogP contribution < -0.4 is 10.3 Å². The van der Waals surface area contributed by atoms with Crippen molar-refractivity contribution in [3.8, 4) is 0 Å². The number of hydrogen-bond donors (Lipinski definition) is 1. The Hall–Kier alpha value is -2.80. The fourth-order valence-electron chi connectivity index (χ4n) is 3.54. The first-order valence-corrected chi connectivity index (χ1v) is 10.0. The minimum atomic E-state index is -4.45. The number of carbonyl (C=O) groups is 1. The number of hydrogen-bond acceptors (Lipinski definition) is 3. The van der Waals surface area contributed by atoms with E-state index in [1.165, 1.54) is 18.3 Å². The highest BCUT2D eigenvalue weighted by Gasteiger charge is 2.30. The normalized spacial score (nSPS) is 15.6. The number of nitrogens with one attached hydrogen (secondary N) is 1. The Kier molecular flexibility index (Phi) is 6.18. The lowest BCUT2D eigenvalue weighted by atomic mass is 9.88. The Morgan fingerprint density at radius 1 is 1.26 bits per heavy atom. The lowest BCUT2D eigenvalue weighted by Gasteiger charge is -2.40. The summed E-state index contributed by atoms with van der Waals surface area (Å²) in [5.41, 5.74) is 5.41. The van der Waals surface area contributed by atoms with E-state index < -0.39 is 17.6 Å². The second-order valence-electron chi connectivity index (χ2n) is 8.10. The summed E-state index contributed by atoms with van der Waals surface area (Å²) in [5.74, 6) is -0.526. The van der Waals surface area contributed by atoms with Crippen molar-refractivity contribution < 1.29 is 18.0 Å². The molecule has 0 aromatic heterocycles. The van der Waals surface area contributed by atoms with Gasteiger partial charge in [-0.3, -0.25) is 4.79 Å². The number of benzene rings is 2. The molecule has 0 radical (unpaired) electrons. The number of hydrazone groups is 1. The predicted molar refractivity (Wildman–Crippen MR) is 118 cm³/mol. The maximum absolute atomic E-state index is 12.8. The quantitative estimate of drug-likeness (QED) is 0.482. The molecule has 1 amide bonds. The molecular weight excluding hydrogens is 427 g/mol. The third-order valence-electron chi connectivity index (χ3n) is 5.35. The fraction of sp³-hybridized carbons (Fsp3) is 0.304. The van der Waals surface area contributed by atoms with Gasteiger partial charge < -0.3 is 4.90 Å². The SMILES string of the molecule is CC1=CC(C)(C)N(C)c2cc(Cl)c(/C=N\NC(=O)Cc3cccc(C(F)(F)F)c3)cc21. The Morgan fingerprint density at radius 2 is 1.97 bits per heavy atom. The van der Waals surface area contributed by atoms with Crippen LogP contribution in [-0.4, -0.2) is 24.7 Å². The molecule has 1 N–H and O–H groups in total. The number of nitrogens with zero attached hydrogens (tertiary/aromatic N) is 2. The van der Waals surface area contributed by atoms with E-state index in [2.05, 4.69) is 35.4 Å². The zero-order chi connectivity index (χ0) is 23.0. The van der Waals surface area contributed by atoms with E-state index in [9.17, 15) is 18.0 Å². The number of halogens is 4. The number of rotatable bonds is 4. The van der Waals surface area contributed by atoms with Crippen molar-refractivity contribution >= 4 is 35.0 Å². The Labute approximate surface area is 184 Å². The van der Waals surface area contributed by atoms with Gasteiger partial charge in [0.2, 0.25) is 5.91 Å². The zero-order valence-electron chi connectivity index (χ0n) is 17.6. The molecule has 1 aliphatic heterocycles. The van der Waals surface area contributed by atoms with Crippen molar-refractivity contribution in [2.24, 2.45) is 5.10 Å². The van der Waals surface area contributed by atoms with Crippen LogP contribution in [0, 0.1) is 0 Å². The predicted octanol–water partition coefficient (Wildman–Crippen LogP) is 5.68. The van der Waals surface area contributed by atoms with Gasteiger partial charge in [-0.15, -0.1) is 0 Å². The maximum Gasteiger partial charge on any atom is 0.416 e. The monoisotopic (exact) mass is 449 g/mol. The second-order valence-corrected chi connectivity index (χ2v) is 8.51. The van der Waals surface area contributed by atoms with E-state index in [-0.39, 0.29) is 17.5 Å². The number of fused-ring (bicyclic) bond motifs is 1. The Morgan fingerprint density at radius 3 is 2.65 bits per heavy atom. The number of alkyl halides is 3. The molecule has 3 rings (SSSR count). The van der Waals surface area contributed by atoms with E-state index in [1.807, 2.05) is 26.1 Å². The molecule has 0 saturated heterocycles. The highest BCUT2D eigenvalue weighted by molar-refractivity contribution is 6.33. The first-order chi connectivity index (χ1) is 14.4. The van der Waals surface area contributed by atoms with Gasteiger partial charge in [-0.2, -0.15) is 18.3 Å². The van der Waals surface area contributed by atoms with Crippen molar-refractivity contribution in [2.75, 3.05) is 11.9 Å². The van der Waals surface area contributed by atoms with Gasteiger partial charge in [0.1, 0.15) is 0 Å². The van der Waals surface area contributed by atoms with Crippen molar-refractivity contribution in [1.29, 1.82) is 0 Å². The molecule has 0 atom stereocenters.